The number of aromatic nitrogens is 3. The molecule has 5 rings (SSSR count). The van der Waals surface area contributed by atoms with Gasteiger partial charge in [0, 0.05) is 31.3 Å². The van der Waals surface area contributed by atoms with Gasteiger partial charge in [-0.25, -0.2) is 14.8 Å². The van der Waals surface area contributed by atoms with E-state index in [1.54, 1.807) is 31.9 Å². The molecule has 1 aromatic carbocycles. The quantitative estimate of drug-likeness (QED) is 0.368. The molecule has 0 atom stereocenters. The highest BCUT2D eigenvalue weighted by molar-refractivity contribution is 6.03. The molecule has 41 heavy (non-hydrogen) atoms. The monoisotopic (exact) mass is 575 g/mol. The molecular formula is C28H32F3N5O5. The molecule has 10 nitrogen and oxygen atoms in total. The molecule has 2 fully saturated rings. The summed E-state index contributed by atoms with van der Waals surface area (Å²) >= 11 is 0. The highest BCUT2D eigenvalue weighted by atomic mass is 19.4. The number of ether oxygens (including phenoxy) is 2. The van der Waals surface area contributed by atoms with Crippen LogP contribution >= 0.6 is 0 Å². The minimum atomic E-state index is -4.94. The second-order valence-electron chi connectivity index (χ2n) is 11.5. The summed E-state index contributed by atoms with van der Waals surface area (Å²) in [5.41, 5.74) is 1.53. The van der Waals surface area contributed by atoms with Crippen molar-refractivity contribution in [2.75, 3.05) is 18.4 Å². The van der Waals surface area contributed by atoms with Crippen LogP contribution in [0.3, 0.4) is 0 Å². The Morgan fingerprint density at radius 2 is 1.80 bits per heavy atom. The van der Waals surface area contributed by atoms with Gasteiger partial charge < -0.3 is 24.5 Å². The molecule has 3 N–H and O–H groups in total. The Labute approximate surface area is 234 Å². The van der Waals surface area contributed by atoms with E-state index in [1.165, 1.54) is 6.07 Å². The zero-order chi connectivity index (χ0) is 29.5. The van der Waals surface area contributed by atoms with E-state index in [1.807, 2.05) is 6.07 Å². The number of pyridine rings is 1. The minimum absolute atomic E-state index is 0.0229. The van der Waals surface area contributed by atoms with Crippen molar-refractivity contribution in [3.8, 4) is 5.75 Å². The first-order valence-electron chi connectivity index (χ1n) is 13.5. The van der Waals surface area contributed by atoms with Crippen LogP contribution in [0.5, 0.6) is 5.75 Å². The number of aliphatic hydroxyl groups excluding tert-OH is 1. The van der Waals surface area contributed by atoms with E-state index in [4.69, 9.17) is 9.72 Å². The number of alkyl halides is 3. The molecule has 2 amide bonds. The number of imidazole rings is 1. The Kier molecular flexibility index (Phi) is 7.58. The summed E-state index contributed by atoms with van der Waals surface area (Å²) < 4.78 is 47.7. The second-order valence-corrected chi connectivity index (χ2v) is 11.5. The molecule has 2 aliphatic rings. The van der Waals surface area contributed by atoms with Crippen LogP contribution in [0.25, 0.3) is 11.2 Å². The number of carbonyl (C=O) groups excluding carboxylic acids is 2. The highest BCUT2D eigenvalue weighted by Crippen LogP contribution is 2.38. The van der Waals surface area contributed by atoms with Crippen LogP contribution in [-0.2, 0) is 4.74 Å². The maximum absolute atomic E-state index is 13.5. The van der Waals surface area contributed by atoms with Crippen LogP contribution in [0.2, 0.25) is 0 Å². The number of aliphatic hydroxyl groups is 1. The summed E-state index contributed by atoms with van der Waals surface area (Å²) in [5, 5.41) is 12.1. The van der Waals surface area contributed by atoms with Crippen molar-refractivity contribution in [3.63, 3.8) is 0 Å². The molecule has 3 aromatic rings. The summed E-state index contributed by atoms with van der Waals surface area (Å²) in [7, 11) is 0. The van der Waals surface area contributed by atoms with Gasteiger partial charge in [0.1, 0.15) is 22.7 Å². The van der Waals surface area contributed by atoms with Crippen molar-refractivity contribution in [1.82, 2.24) is 19.9 Å². The lowest BCUT2D eigenvalue weighted by Crippen LogP contribution is -2.38. The molecule has 1 aliphatic heterocycles. The largest absolute Gasteiger partial charge is 0.573 e. The molecule has 1 aliphatic carbocycles. The number of likely N-dealkylation sites (tertiary alicyclic amines) is 1. The Bertz CT molecular complexity index is 1440. The Morgan fingerprint density at radius 1 is 1.10 bits per heavy atom. The van der Waals surface area contributed by atoms with Gasteiger partial charge in [-0.2, -0.15) is 0 Å². The van der Waals surface area contributed by atoms with Crippen molar-refractivity contribution in [3.05, 3.63) is 47.4 Å². The maximum Gasteiger partial charge on any atom is 0.573 e. The molecule has 1 saturated heterocycles. The van der Waals surface area contributed by atoms with Gasteiger partial charge in [-0.1, -0.05) is 0 Å². The van der Waals surface area contributed by atoms with Crippen LogP contribution < -0.4 is 10.1 Å². The van der Waals surface area contributed by atoms with Gasteiger partial charge >= 0.3 is 12.5 Å². The Balaban J connectivity index is 1.31. The lowest BCUT2D eigenvalue weighted by molar-refractivity contribution is -0.274. The van der Waals surface area contributed by atoms with Gasteiger partial charge in [-0.05, 0) is 76.1 Å². The summed E-state index contributed by atoms with van der Waals surface area (Å²) in [6, 6.07) is 5.14. The molecule has 0 bridgehead atoms. The average molecular weight is 576 g/mol. The maximum atomic E-state index is 13.5. The highest BCUT2D eigenvalue weighted by Gasteiger charge is 2.34. The minimum Gasteiger partial charge on any atom is -0.444 e. The van der Waals surface area contributed by atoms with E-state index in [9.17, 15) is 27.9 Å². The number of benzene rings is 1. The molecule has 1 saturated carbocycles. The number of rotatable bonds is 5. The van der Waals surface area contributed by atoms with Crippen LogP contribution in [0, 0.1) is 0 Å². The predicted molar refractivity (Wildman–Crippen MR) is 143 cm³/mol. The molecule has 3 heterocycles. The zero-order valence-corrected chi connectivity index (χ0v) is 22.9. The van der Waals surface area contributed by atoms with Crippen molar-refractivity contribution in [2.45, 2.75) is 76.4 Å². The fourth-order valence-electron chi connectivity index (χ4n) is 5.27. The van der Waals surface area contributed by atoms with Crippen LogP contribution in [0.1, 0.15) is 80.0 Å². The van der Waals surface area contributed by atoms with E-state index in [-0.39, 0.29) is 29.2 Å². The summed E-state index contributed by atoms with van der Waals surface area (Å²) in [5.74, 6) is 0.118. The number of anilines is 1. The molecule has 220 valence electrons. The van der Waals surface area contributed by atoms with E-state index >= 15 is 0 Å². The van der Waals surface area contributed by atoms with Crippen molar-refractivity contribution >= 4 is 28.9 Å². The van der Waals surface area contributed by atoms with Crippen molar-refractivity contribution in [2.24, 2.45) is 0 Å². The molecular weight excluding hydrogens is 543 g/mol. The van der Waals surface area contributed by atoms with Crippen LogP contribution in [0.4, 0.5) is 23.7 Å². The number of nitrogens with zero attached hydrogens (tertiary/aromatic N) is 3. The fraction of sp³-hybridized carbons (Fsp3) is 0.500. The van der Waals surface area contributed by atoms with E-state index in [2.05, 4.69) is 20.0 Å². The van der Waals surface area contributed by atoms with E-state index in [0.29, 0.717) is 44.4 Å². The fourth-order valence-corrected chi connectivity index (χ4v) is 5.27. The van der Waals surface area contributed by atoms with E-state index in [0.717, 1.165) is 29.0 Å². The topological polar surface area (TPSA) is 130 Å². The summed E-state index contributed by atoms with van der Waals surface area (Å²) in [4.78, 5) is 40.0. The van der Waals surface area contributed by atoms with Gasteiger partial charge in [0.25, 0.3) is 5.91 Å². The molecule has 0 unspecified atom stereocenters. The molecule has 0 spiro atoms. The van der Waals surface area contributed by atoms with Gasteiger partial charge in [0.15, 0.2) is 5.65 Å². The third-order valence-electron chi connectivity index (χ3n) is 7.25. The van der Waals surface area contributed by atoms with Crippen LogP contribution in [0.15, 0.2) is 30.5 Å². The van der Waals surface area contributed by atoms with E-state index < -0.39 is 29.7 Å². The number of piperidine rings is 1. The number of hydrogen-bond donors (Lipinski definition) is 3. The number of halogens is 3. The number of carbonyl (C=O) groups is 2. The number of nitrogens with one attached hydrogen (secondary N) is 2. The lowest BCUT2D eigenvalue weighted by Gasteiger charge is -2.33. The first-order valence-corrected chi connectivity index (χ1v) is 13.5. The van der Waals surface area contributed by atoms with Crippen LogP contribution in [-0.4, -0.2) is 68.1 Å². The van der Waals surface area contributed by atoms with Gasteiger partial charge in [-0.3, -0.25) is 10.1 Å². The zero-order valence-electron chi connectivity index (χ0n) is 22.9. The predicted octanol–water partition coefficient (Wildman–Crippen LogP) is 5.46. The number of H-pyrrole nitrogens is 1. The summed E-state index contributed by atoms with van der Waals surface area (Å²) in [6.07, 6.45) is -1.80. The lowest BCUT2D eigenvalue weighted by atomic mass is 9.82. The standard InChI is InChI=1S/C28H32F3N5O5/c1-27(2,3)41-26(39)33-21-14-18(40-28(29,30)31)4-5-20(21)25(38)36-10-7-15(8-11-36)19-6-9-32-24-22(19)34-23(35-24)16-12-17(37)13-16/h4-6,9,14-17,37H,7-8,10-13H2,1-3H3,(H,33,39)(H,32,34,35)/t16-,17+. The smallest absolute Gasteiger partial charge is 0.444 e. The Hall–Kier alpha value is -3.87. The number of hydrogen-bond acceptors (Lipinski definition) is 7. The normalized spacial score (nSPS) is 20.0. The molecule has 2 aromatic heterocycles. The molecule has 13 heteroatoms. The third kappa shape index (κ3) is 6.72. The van der Waals surface area contributed by atoms with Gasteiger partial charge in [0.05, 0.1) is 17.4 Å². The first kappa shape index (κ1) is 28.7. The molecule has 0 radical (unpaired) electrons. The van der Waals surface area contributed by atoms with Gasteiger partial charge in [-0.15, -0.1) is 13.2 Å². The number of amides is 2. The Morgan fingerprint density at radius 3 is 2.44 bits per heavy atom. The third-order valence-corrected chi connectivity index (χ3v) is 7.25. The second kappa shape index (κ2) is 10.8. The van der Waals surface area contributed by atoms with Crippen molar-refractivity contribution in [1.29, 1.82) is 0 Å². The number of aromatic amines is 1. The van der Waals surface area contributed by atoms with Crippen molar-refractivity contribution < 1.29 is 37.3 Å². The summed E-state index contributed by atoms with van der Waals surface area (Å²) in [6.45, 7) is 5.72. The number of fused-ring (bicyclic) bond motifs is 1. The SMILES string of the molecule is CC(C)(C)OC(=O)Nc1cc(OC(F)(F)F)ccc1C(=O)N1CCC(c2ccnc3[nH]c([C@H]4C[C@@H](O)C4)nc23)CC1. The average Bonchev–Trinajstić information content (AvgIpc) is 3.28. The van der Waals surface area contributed by atoms with Gasteiger partial charge in [0.2, 0.25) is 0 Å². The first-order chi connectivity index (χ1) is 19.3.